The highest BCUT2D eigenvalue weighted by Gasteiger charge is 2.07. The van der Waals surface area contributed by atoms with Crippen molar-refractivity contribution in [2.75, 3.05) is 0 Å². The Bertz CT molecular complexity index is 504. The van der Waals surface area contributed by atoms with E-state index >= 15 is 0 Å². The molecule has 16 heavy (non-hydrogen) atoms. The van der Waals surface area contributed by atoms with E-state index in [0.717, 1.165) is 22.6 Å². The Hall–Kier alpha value is -0.980. The topological polar surface area (TPSA) is 0 Å². The van der Waals surface area contributed by atoms with Crippen LogP contribution in [0.1, 0.15) is 12.5 Å². The first-order valence-corrected chi connectivity index (χ1v) is 6.01. The molecule has 0 radical (unpaired) electrons. The zero-order valence-electron chi connectivity index (χ0n) is 9.00. The van der Waals surface area contributed by atoms with Crippen molar-refractivity contribution in [2.45, 2.75) is 13.3 Å². The van der Waals surface area contributed by atoms with Crippen LogP contribution < -0.4 is 0 Å². The van der Waals surface area contributed by atoms with Crippen molar-refractivity contribution < 1.29 is 0 Å². The summed E-state index contributed by atoms with van der Waals surface area (Å²) in [6.45, 7) is 2.14. The van der Waals surface area contributed by atoms with Crippen molar-refractivity contribution in [2.24, 2.45) is 0 Å². The van der Waals surface area contributed by atoms with Crippen LogP contribution in [-0.4, -0.2) is 0 Å². The SMILES string of the molecule is CCc1ccccc1-c1cc(Cl)ccc1Cl. The molecule has 0 aromatic heterocycles. The summed E-state index contributed by atoms with van der Waals surface area (Å²) in [6.07, 6.45) is 0.985. The van der Waals surface area contributed by atoms with Gasteiger partial charge in [-0.1, -0.05) is 54.4 Å². The van der Waals surface area contributed by atoms with Gasteiger partial charge in [0.05, 0.1) is 0 Å². The molecule has 2 heteroatoms. The van der Waals surface area contributed by atoms with E-state index < -0.39 is 0 Å². The number of aryl methyl sites for hydroxylation is 1. The van der Waals surface area contributed by atoms with E-state index in [2.05, 4.69) is 19.1 Å². The Morgan fingerprint density at radius 2 is 1.69 bits per heavy atom. The smallest absolute Gasteiger partial charge is 0.0485 e. The van der Waals surface area contributed by atoms with Gasteiger partial charge in [-0.05, 0) is 35.7 Å². The van der Waals surface area contributed by atoms with Gasteiger partial charge in [0.15, 0.2) is 0 Å². The first-order valence-electron chi connectivity index (χ1n) is 5.25. The second kappa shape index (κ2) is 4.90. The van der Waals surface area contributed by atoms with E-state index in [4.69, 9.17) is 23.2 Å². The minimum absolute atomic E-state index is 0.713. The fraction of sp³-hybridized carbons (Fsp3) is 0.143. The molecule has 0 N–H and O–H groups in total. The Kier molecular flexibility index (Phi) is 3.52. The average molecular weight is 251 g/mol. The third kappa shape index (κ3) is 2.23. The summed E-state index contributed by atoms with van der Waals surface area (Å²) >= 11 is 12.2. The van der Waals surface area contributed by atoms with Gasteiger partial charge in [0, 0.05) is 15.6 Å². The maximum atomic E-state index is 6.20. The Labute approximate surface area is 106 Å². The molecule has 0 atom stereocenters. The predicted octanol–water partition coefficient (Wildman–Crippen LogP) is 5.22. The minimum atomic E-state index is 0.713. The van der Waals surface area contributed by atoms with Gasteiger partial charge in [0.1, 0.15) is 0 Å². The molecule has 0 fully saturated rings. The van der Waals surface area contributed by atoms with Gasteiger partial charge < -0.3 is 0 Å². The molecular formula is C14H12Cl2. The van der Waals surface area contributed by atoms with Crippen LogP contribution in [0.5, 0.6) is 0 Å². The predicted molar refractivity (Wildman–Crippen MR) is 71.3 cm³/mol. The normalized spacial score (nSPS) is 10.4. The minimum Gasteiger partial charge on any atom is -0.0843 e. The lowest BCUT2D eigenvalue weighted by molar-refractivity contribution is 1.14. The monoisotopic (exact) mass is 250 g/mol. The Morgan fingerprint density at radius 1 is 0.938 bits per heavy atom. The second-order valence-electron chi connectivity index (χ2n) is 3.63. The third-order valence-electron chi connectivity index (χ3n) is 2.62. The fourth-order valence-electron chi connectivity index (χ4n) is 1.80. The largest absolute Gasteiger partial charge is 0.0843 e. The first-order chi connectivity index (χ1) is 7.72. The molecular weight excluding hydrogens is 239 g/mol. The maximum absolute atomic E-state index is 6.20. The van der Waals surface area contributed by atoms with Crippen LogP contribution in [-0.2, 0) is 6.42 Å². The number of halogens is 2. The summed E-state index contributed by atoms with van der Waals surface area (Å²) in [6, 6.07) is 13.8. The van der Waals surface area contributed by atoms with Crippen LogP contribution in [0.25, 0.3) is 11.1 Å². The maximum Gasteiger partial charge on any atom is 0.0485 e. The summed E-state index contributed by atoms with van der Waals surface area (Å²) in [4.78, 5) is 0. The highest BCUT2D eigenvalue weighted by molar-refractivity contribution is 6.35. The van der Waals surface area contributed by atoms with Crippen molar-refractivity contribution >= 4 is 23.2 Å². The van der Waals surface area contributed by atoms with Gasteiger partial charge >= 0.3 is 0 Å². The summed E-state index contributed by atoms with van der Waals surface area (Å²) in [5.41, 5.74) is 3.45. The summed E-state index contributed by atoms with van der Waals surface area (Å²) < 4.78 is 0. The van der Waals surface area contributed by atoms with Crippen LogP contribution >= 0.6 is 23.2 Å². The van der Waals surface area contributed by atoms with Crippen LogP contribution in [0, 0.1) is 0 Å². The van der Waals surface area contributed by atoms with Crippen molar-refractivity contribution in [3.63, 3.8) is 0 Å². The number of rotatable bonds is 2. The van der Waals surface area contributed by atoms with Gasteiger partial charge in [-0.25, -0.2) is 0 Å². The first kappa shape index (κ1) is 11.5. The molecule has 0 amide bonds. The summed E-state index contributed by atoms with van der Waals surface area (Å²) in [5.74, 6) is 0. The second-order valence-corrected chi connectivity index (χ2v) is 4.48. The van der Waals surface area contributed by atoms with E-state index in [0.29, 0.717) is 5.02 Å². The number of benzene rings is 2. The molecule has 0 unspecified atom stereocenters. The molecule has 0 heterocycles. The lowest BCUT2D eigenvalue weighted by Gasteiger charge is -2.09. The van der Waals surface area contributed by atoms with E-state index in [1.54, 1.807) is 0 Å². The van der Waals surface area contributed by atoms with Crippen molar-refractivity contribution in [1.29, 1.82) is 0 Å². The molecule has 0 aliphatic rings. The highest BCUT2D eigenvalue weighted by Crippen LogP contribution is 2.32. The van der Waals surface area contributed by atoms with Crippen LogP contribution in [0.15, 0.2) is 42.5 Å². The quantitative estimate of drug-likeness (QED) is 0.686. The van der Waals surface area contributed by atoms with Gasteiger partial charge in [0.25, 0.3) is 0 Å². The molecule has 0 spiro atoms. The van der Waals surface area contributed by atoms with Gasteiger partial charge in [0.2, 0.25) is 0 Å². The molecule has 2 aromatic carbocycles. The van der Waals surface area contributed by atoms with E-state index in [9.17, 15) is 0 Å². The molecule has 0 aliphatic heterocycles. The zero-order valence-corrected chi connectivity index (χ0v) is 10.5. The molecule has 2 rings (SSSR count). The molecule has 0 saturated heterocycles. The van der Waals surface area contributed by atoms with Crippen LogP contribution in [0.3, 0.4) is 0 Å². The van der Waals surface area contributed by atoms with Gasteiger partial charge in [-0.2, -0.15) is 0 Å². The lowest BCUT2D eigenvalue weighted by atomic mass is 9.98. The van der Waals surface area contributed by atoms with Crippen molar-refractivity contribution in [3.05, 3.63) is 58.1 Å². The molecule has 2 aromatic rings. The Morgan fingerprint density at radius 3 is 2.44 bits per heavy atom. The van der Waals surface area contributed by atoms with E-state index in [1.807, 2.05) is 30.3 Å². The summed E-state index contributed by atoms with van der Waals surface area (Å²) in [5, 5.41) is 1.45. The van der Waals surface area contributed by atoms with E-state index in [-0.39, 0.29) is 0 Å². The third-order valence-corrected chi connectivity index (χ3v) is 3.18. The van der Waals surface area contributed by atoms with Crippen molar-refractivity contribution in [3.8, 4) is 11.1 Å². The molecule has 0 nitrogen and oxygen atoms in total. The van der Waals surface area contributed by atoms with Gasteiger partial charge in [-0.15, -0.1) is 0 Å². The number of hydrogen-bond donors (Lipinski definition) is 0. The van der Waals surface area contributed by atoms with Crippen molar-refractivity contribution in [1.82, 2.24) is 0 Å². The standard InChI is InChI=1S/C14H12Cl2/c1-2-10-5-3-4-6-12(10)13-9-11(15)7-8-14(13)16/h3-9H,2H2,1H3. The Balaban J connectivity index is 2.62. The molecule has 0 bridgehead atoms. The summed E-state index contributed by atoms with van der Waals surface area (Å²) in [7, 11) is 0. The number of hydrogen-bond acceptors (Lipinski definition) is 0. The lowest BCUT2D eigenvalue weighted by Crippen LogP contribution is -1.87. The van der Waals surface area contributed by atoms with Gasteiger partial charge in [-0.3, -0.25) is 0 Å². The average Bonchev–Trinajstić information content (AvgIpc) is 2.32. The zero-order chi connectivity index (χ0) is 11.5. The molecule has 0 saturated carbocycles. The molecule has 0 aliphatic carbocycles. The van der Waals surface area contributed by atoms with Crippen LogP contribution in [0.2, 0.25) is 10.0 Å². The highest BCUT2D eigenvalue weighted by atomic mass is 35.5. The fourth-order valence-corrected chi connectivity index (χ4v) is 2.19. The van der Waals surface area contributed by atoms with Crippen LogP contribution in [0.4, 0.5) is 0 Å². The molecule has 82 valence electrons. The van der Waals surface area contributed by atoms with E-state index in [1.165, 1.54) is 5.56 Å².